The Morgan fingerprint density at radius 2 is 1.94 bits per heavy atom. The fourth-order valence-electron chi connectivity index (χ4n) is 1.53. The molecule has 17 heavy (non-hydrogen) atoms. The Morgan fingerprint density at radius 1 is 1.29 bits per heavy atom. The molecular weight excluding hydrogens is 235 g/mol. The number of anilines is 1. The number of nitrogens with one attached hydrogen (secondary N) is 1. The van der Waals surface area contributed by atoms with Gasteiger partial charge in [0.25, 0.3) is 0 Å². The van der Waals surface area contributed by atoms with E-state index in [1.165, 1.54) is 12.1 Å². The number of benzene rings is 1. The second-order valence-corrected chi connectivity index (χ2v) is 4.19. The van der Waals surface area contributed by atoms with Crippen molar-refractivity contribution >= 4 is 23.0 Å². The first-order valence-electron chi connectivity index (χ1n) is 6.00. The van der Waals surface area contributed by atoms with E-state index < -0.39 is 0 Å². The van der Waals surface area contributed by atoms with Crippen molar-refractivity contribution in [3.05, 3.63) is 30.1 Å². The standard InChI is InChI=1S/C13H19FN2S/c1-3-5-10-15-13(17)16(4-2)12-8-6-11(14)7-9-12/h6-9H,3-5,10H2,1-2H3,(H,15,17). The average molecular weight is 254 g/mol. The normalized spacial score (nSPS) is 10.1. The van der Waals surface area contributed by atoms with Crippen molar-refractivity contribution in [2.75, 3.05) is 18.0 Å². The molecule has 0 radical (unpaired) electrons. The largest absolute Gasteiger partial charge is 0.362 e. The van der Waals surface area contributed by atoms with Crippen molar-refractivity contribution in [3.8, 4) is 0 Å². The molecule has 0 saturated carbocycles. The number of halogens is 1. The molecule has 1 rings (SSSR count). The molecule has 1 aromatic rings. The second kappa shape index (κ2) is 7.22. The van der Waals surface area contributed by atoms with Gasteiger partial charge in [-0.25, -0.2) is 4.39 Å². The molecule has 2 nitrogen and oxygen atoms in total. The van der Waals surface area contributed by atoms with Crippen LogP contribution in [0.15, 0.2) is 24.3 Å². The summed E-state index contributed by atoms with van der Waals surface area (Å²) >= 11 is 5.32. The van der Waals surface area contributed by atoms with Crippen LogP contribution in [0.5, 0.6) is 0 Å². The van der Waals surface area contributed by atoms with Crippen LogP contribution in [0.1, 0.15) is 26.7 Å². The van der Waals surface area contributed by atoms with E-state index in [1.807, 2.05) is 11.8 Å². The van der Waals surface area contributed by atoms with Gasteiger partial charge in [-0.2, -0.15) is 0 Å². The molecule has 0 saturated heterocycles. The zero-order valence-corrected chi connectivity index (χ0v) is 11.2. The van der Waals surface area contributed by atoms with Crippen LogP contribution in [0.3, 0.4) is 0 Å². The SMILES string of the molecule is CCCCNC(=S)N(CC)c1ccc(F)cc1. The van der Waals surface area contributed by atoms with E-state index in [4.69, 9.17) is 12.2 Å². The van der Waals surface area contributed by atoms with E-state index in [0.717, 1.165) is 31.6 Å². The molecule has 0 bridgehead atoms. The molecule has 94 valence electrons. The lowest BCUT2D eigenvalue weighted by Crippen LogP contribution is -2.40. The predicted molar refractivity (Wildman–Crippen MR) is 74.9 cm³/mol. The minimum absolute atomic E-state index is 0.227. The van der Waals surface area contributed by atoms with Gasteiger partial charge in [0.2, 0.25) is 0 Å². The Hall–Kier alpha value is -1.16. The summed E-state index contributed by atoms with van der Waals surface area (Å²) < 4.78 is 12.8. The second-order valence-electron chi connectivity index (χ2n) is 3.81. The van der Waals surface area contributed by atoms with Crippen LogP contribution in [0.25, 0.3) is 0 Å². The monoisotopic (exact) mass is 254 g/mol. The van der Waals surface area contributed by atoms with Crippen molar-refractivity contribution in [1.82, 2.24) is 5.32 Å². The third kappa shape index (κ3) is 4.30. The molecule has 0 heterocycles. The van der Waals surface area contributed by atoms with Crippen LogP contribution in [-0.4, -0.2) is 18.2 Å². The summed E-state index contributed by atoms with van der Waals surface area (Å²) in [4.78, 5) is 1.96. The molecule has 0 spiro atoms. The van der Waals surface area contributed by atoms with Crippen molar-refractivity contribution < 1.29 is 4.39 Å². The zero-order chi connectivity index (χ0) is 12.7. The first-order chi connectivity index (χ1) is 8.19. The first kappa shape index (κ1) is 13.9. The van der Waals surface area contributed by atoms with Gasteiger partial charge in [-0.3, -0.25) is 0 Å². The molecular formula is C13H19FN2S. The Balaban J connectivity index is 2.64. The van der Waals surface area contributed by atoms with E-state index in [2.05, 4.69) is 12.2 Å². The van der Waals surface area contributed by atoms with Crippen LogP contribution in [0.4, 0.5) is 10.1 Å². The number of rotatable bonds is 5. The number of hydrogen-bond acceptors (Lipinski definition) is 1. The lowest BCUT2D eigenvalue weighted by Gasteiger charge is -2.24. The number of hydrogen-bond donors (Lipinski definition) is 1. The maximum absolute atomic E-state index is 12.8. The van der Waals surface area contributed by atoms with Crippen LogP contribution in [0.2, 0.25) is 0 Å². The highest BCUT2D eigenvalue weighted by Gasteiger charge is 2.09. The van der Waals surface area contributed by atoms with Gasteiger partial charge in [-0.15, -0.1) is 0 Å². The van der Waals surface area contributed by atoms with Gasteiger partial charge in [0.1, 0.15) is 5.82 Å². The van der Waals surface area contributed by atoms with E-state index in [9.17, 15) is 4.39 Å². The van der Waals surface area contributed by atoms with Crippen molar-refractivity contribution in [3.63, 3.8) is 0 Å². The van der Waals surface area contributed by atoms with Gasteiger partial charge >= 0.3 is 0 Å². The summed E-state index contributed by atoms with van der Waals surface area (Å²) in [6.07, 6.45) is 2.24. The zero-order valence-electron chi connectivity index (χ0n) is 10.4. The van der Waals surface area contributed by atoms with Gasteiger partial charge in [0.15, 0.2) is 5.11 Å². The van der Waals surface area contributed by atoms with Gasteiger partial charge in [0.05, 0.1) is 0 Å². The van der Waals surface area contributed by atoms with Gasteiger partial charge in [-0.05, 0) is 49.8 Å². The molecule has 0 fully saturated rings. The summed E-state index contributed by atoms with van der Waals surface area (Å²) in [7, 11) is 0. The molecule has 0 atom stereocenters. The van der Waals surface area contributed by atoms with Gasteiger partial charge in [-0.1, -0.05) is 13.3 Å². The Labute approximate surface area is 108 Å². The first-order valence-corrected chi connectivity index (χ1v) is 6.40. The van der Waals surface area contributed by atoms with E-state index in [1.54, 1.807) is 12.1 Å². The summed E-state index contributed by atoms with van der Waals surface area (Å²) in [5.41, 5.74) is 0.919. The predicted octanol–water partition coefficient (Wildman–Crippen LogP) is 3.33. The summed E-state index contributed by atoms with van der Waals surface area (Å²) in [5.74, 6) is -0.227. The number of thiocarbonyl (C=S) groups is 1. The minimum Gasteiger partial charge on any atom is -0.362 e. The summed E-state index contributed by atoms with van der Waals surface area (Å²) in [6.45, 7) is 5.82. The molecule has 0 aliphatic carbocycles. The van der Waals surface area contributed by atoms with E-state index in [-0.39, 0.29) is 5.82 Å². The van der Waals surface area contributed by atoms with E-state index in [0.29, 0.717) is 5.11 Å². The summed E-state index contributed by atoms with van der Waals surface area (Å²) in [5, 5.41) is 3.91. The van der Waals surface area contributed by atoms with Crippen LogP contribution in [-0.2, 0) is 0 Å². The summed E-state index contributed by atoms with van der Waals surface area (Å²) in [6, 6.07) is 6.39. The smallest absolute Gasteiger partial charge is 0.173 e. The van der Waals surface area contributed by atoms with Gasteiger partial charge in [0, 0.05) is 18.8 Å². The molecule has 0 aromatic heterocycles. The molecule has 4 heteroatoms. The number of nitrogens with zero attached hydrogens (tertiary/aromatic N) is 1. The Bertz CT molecular complexity index is 351. The highest BCUT2D eigenvalue weighted by Crippen LogP contribution is 2.14. The highest BCUT2D eigenvalue weighted by molar-refractivity contribution is 7.80. The van der Waals surface area contributed by atoms with Crippen molar-refractivity contribution in [2.45, 2.75) is 26.7 Å². The molecule has 0 aliphatic rings. The lowest BCUT2D eigenvalue weighted by molar-refractivity contribution is 0.628. The third-order valence-electron chi connectivity index (χ3n) is 2.51. The van der Waals surface area contributed by atoms with Crippen molar-refractivity contribution in [1.29, 1.82) is 0 Å². The van der Waals surface area contributed by atoms with Crippen LogP contribution >= 0.6 is 12.2 Å². The van der Waals surface area contributed by atoms with Gasteiger partial charge < -0.3 is 10.2 Å². The van der Waals surface area contributed by atoms with Crippen molar-refractivity contribution in [2.24, 2.45) is 0 Å². The highest BCUT2D eigenvalue weighted by atomic mass is 32.1. The quantitative estimate of drug-likeness (QED) is 0.641. The topological polar surface area (TPSA) is 15.3 Å². The van der Waals surface area contributed by atoms with Crippen LogP contribution in [0, 0.1) is 5.82 Å². The maximum atomic E-state index is 12.8. The molecule has 1 aromatic carbocycles. The maximum Gasteiger partial charge on any atom is 0.173 e. The Morgan fingerprint density at radius 3 is 2.47 bits per heavy atom. The number of unbranched alkanes of at least 4 members (excludes halogenated alkanes) is 1. The lowest BCUT2D eigenvalue weighted by atomic mass is 10.3. The fourth-order valence-corrected chi connectivity index (χ4v) is 1.87. The molecule has 0 unspecified atom stereocenters. The molecule has 0 amide bonds. The Kier molecular flexibility index (Phi) is 5.91. The minimum atomic E-state index is -0.227. The average Bonchev–Trinajstić information content (AvgIpc) is 2.33. The third-order valence-corrected chi connectivity index (χ3v) is 2.87. The van der Waals surface area contributed by atoms with Crippen LogP contribution < -0.4 is 10.2 Å². The molecule has 0 aliphatic heterocycles. The molecule has 1 N–H and O–H groups in total. The van der Waals surface area contributed by atoms with E-state index >= 15 is 0 Å². The fraction of sp³-hybridized carbons (Fsp3) is 0.462.